The molecule has 0 saturated heterocycles. The lowest BCUT2D eigenvalue weighted by Gasteiger charge is -2.25. The minimum absolute atomic E-state index is 0.0500. The van der Waals surface area contributed by atoms with Crippen LogP contribution in [0.5, 0.6) is 0 Å². The summed E-state index contributed by atoms with van der Waals surface area (Å²) in [5.74, 6) is 0.427. The lowest BCUT2D eigenvalue weighted by atomic mass is 9.83. The molecule has 16 heavy (non-hydrogen) atoms. The minimum atomic E-state index is -0.0790. The number of fused-ring (bicyclic) bond motifs is 1. The van der Waals surface area contributed by atoms with Crippen molar-refractivity contribution in [2.45, 2.75) is 25.2 Å². The Hall–Kier alpha value is -1.02. The predicted molar refractivity (Wildman–Crippen MR) is 65.9 cm³/mol. The maximum atomic E-state index is 11.1. The van der Waals surface area contributed by atoms with Crippen molar-refractivity contribution in [1.29, 1.82) is 0 Å². The Bertz CT molecular complexity index is 378. The van der Waals surface area contributed by atoms with Crippen molar-refractivity contribution >= 4 is 17.5 Å². The van der Waals surface area contributed by atoms with Gasteiger partial charge in [0.1, 0.15) is 5.88 Å². The summed E-state index contributed by atoms with van der Waals surface area (Å²) in [6.07, 6.45) is 3.52. The van der Waals surface area contributed by atoms with E-state index in [1.54, 1.807) is 0 Å². The van der Waals surface area contributed by atoms with E-state index in [4.69, 9.17) is 11.6 Å². The molecule has 86 valence electrons. The van der Waals surface area contributed by atoms with Crippen molar-refractivity contribution in [3.63, 3.8) is 0 Å². The van der Waals surface area contributed by atoms with Gasteiger partial charge in [0.25, 0.3) is 0 Å². The first-order chi connectivity index (χ1) is 7.81. The summed E-state index contributed by atoms with van der Waals surface area (Å²) in [4.78, 5) is 11.1. The monoisotopic (exact) mass is 237 g/mol. The second-order valence-electron chi connectivity index (χ2n) is 4.23. The average Bonchev–Trinajstić information content (AvgIpc) is 2.35. The zero-order valence-electron chi connectivity index (χ0n) is 9.21. The highest BCUT2D eigenvalue weighted by atomic mass is 35.5. The first-order valence-electron chi connectivity index (χ1n) is 5.71. The van der Waals surface area contributed by atoms with Gasteiger partial charge in [-0.2, -0.15) is 0 Å². The van der Waals surface area contributed by atoms with Crippen LogP contribution in [0.25, 0.3) is 0 Å². The predicted octanol–water partition coefficient (Wildman–Crippen LogP) is 2.46. The molecule has 1 aromatic rings. The van der Waals surface area contributed by atoms with E-state index in [2.05, 4.69) is 29.6 Å². The molecule has 0 spiro atoms. The van der Waals surface area contributed by atoms with Crippen LogP contribution < -0.4 is 5.32 Å². The molecule has 0 unspecified atom stereocenters. The second-order valence-corrected chi connectivity index (χ2v) is 4.49. The first kappa shape index (κ1) is 11.5. The van der Waals surface area contributed by atoms with Crippen LogP contribution >= 0.6 is 11.6 Å². The molecule has 0 aliphatic heterocycles. The maximum absolute atomic E-state index is 11.1. The van der Waals surface area contributed by atoms with Gasteiger partial charge in [0, 0.05) is 12.5 Å². The van der Waals surface area contributed by atoms with Crippen LogP contribution in [-0.2, 0) is 11.2 Å². The number of alkyl halides is 1. The molecule has 2 rings (SSSR count). The number of hydrogen-bond acceptors (Lipinski definition) is 1. The molecule has 1 N–H and O–H groups in total. The van der Waals surface area contributed by atoms with Gasteiger partial charge in [-0.3, -0.25) is 4.79 Å². The molecule has 0 heterocycles. The van der Waals surface area contributed by atoms with E-state index in [1.165, 1.54) is 17.5 Å². The van der Waals surface area contributed by atoms with Gasteiger partial charge in [-0.05, 0) is 30.4 Å². The summed E-state index contributed by atoms with van der Waals surface area (Å²) in [6.45, 7) is 0.711. The van der Waals surface area contributed by atoms with Crippen LogP contribution in [0.4, 0.5) is 0 Å². The van der Waals surface area contributed by atoms with Gasteiger partial charge in [0.2, 0.25) is 5.91 Å². The highest BCUT2D eigenvalue weighted by Gasteiger charge is 2.19. The van der Waals surface area contributed by atoms with Gasteiger partial charge < -0.3 is 5.32 Å². The Balaban J connectivity index is 2.04. The molecule has 3 heteroatoms. The summed E-state index contributed by atoms with van der Waals surface area (Å²) in [6, 6.07) is 8.51. The van der Waals surface area contributed by atoms with Crippen molar-refractivity contribution in [2.24, 2.45) is 0 Å². The molecule has 1 aliphatic rings. The van der Waals surface area contributed by atoms with E-state index in [1.807, 2.05) is 0 Å². The van der Waals surface area contributed by atoms with Crippen molar-refractivity contribution in [3.05, 3.63) is 35.4 Å². The molecular formula is C13H16ClNO. The third kappa shape index (κ3) is 2.56. The number of carbonyl (C=O) groups is 1. The molecule has 0 aromatic heterocycles. The van der Waals surface area contributed by atoms with Gasteiger partial charge >= 0.3 is 0 Å². The molecule has 1 atom stereocenters. The smallest absolute Gasteiger partial charge is 0.234 e. The largest absolute Gasteiger partial charge is 0.354 e. The van der Waals surface area contributed by atoms with E-state index in [0.29, 0.717) is 12.5 Å². The molecular weight excluding hydrogens is 222 g/mol. The number of rotatable bonds is 3. The molecule has 0 saturated carbocycles. The summed E-state index contributed by atoms with van der Waals surface area (Å²) < 4.78 is 0. The Labute approximate surface area is 101 Å². The average molecular weight is 238 g/mol. The van der Waals surface area contributed by atoms with Crippen LogP contribution in [-0.4, -0.2) is 18.3 Å². The van der Waals surface area contributed by atoms with Crippen LogP contribution in [0.1, 0.15) is 29.9 Å². The minimum Gasteiger partial charge on any atom is -0.354 e. The standard InChI is InChI=1S/C13H16ClNO/c14-8-13(16)15-9-11-6-3-5-10-4-1-2-7-12(10)11/h1-2,4,7,11H,3,5-6,8-9H2,(H,15,16)/t11-/m0/s1. The third-order valence-electron chi connectivity index (χ3n) is 3.16. The Morgan fingerprint density at radius 2 is 2.25 bits per heavy atom. The zero-order chi connectivity index (χ0) is 11.4. The fraction of sp³-hybridized carbons (Fsp3) is 0.462. The molecule has 0 bridgehead atoms. The van der Waals surface area contributed by atoms with Crippen molar-refractivity contribution in [2.75, 3.05) is 12.4 Å². The van der Waals surface area contributed by atoms with Crippen molar-refractivity contribution in [3.8, 4) is 0 Å². The molecule has 1 aliphatic carbocycles. The third-order valence-corrected chi connectivity index (χ3v) is 3.40. The summed E-state index contributed by atoms with van der Waals surface area (Å²) in [7, 11) is 0. The summed E-state index contributed by atoms with van der Waals surface area (Å²) in [5.41, 5.74) is 2.82. The summed E-state index contributed by atoms with van der Waals surface area (Å²) in [5, 5.41) is 2.87. The quantitative estimate of drug-likeness (QED) is 0.804. The van der Waals surface area contributed by atoms with Gasteiger partial charge in [-0.15, -0.1) is 11.6 Å². The number of amides is 1. The number of hydrogen-bond donors (Lipinski definition) is 1. The van der Waals surface area contributed by atoms with E-state index < -0.39 is 0 Å². The molecule has 1 amide bonds. The Morgan fingerprint density at radius 1 is 1.44 bits per heavy atom. The van der Waals surface area contributed by atoms with Gasteiger partial charge in [-0.25, -0.2) is 0 Å². The van der Waals surface area contributed by atoms with Crippen molar-refractivity contribution in [1.82, 2.24) is 5.32 Å². The van der Waals surface area contributed by atoms with Gasteiger partial charge in [0.15, 0.2) is 0 Å². The number of carbonyl (C=O) groups excluding carboxylic acids is 1. The second kappa shape index (κ2) is 5.35. The lowest BCUT2D eigenvalue weighted by Crippen LogP contribution is -2.30. The first-order valence-corrected chi connectivity index (χ1v) is 6.25. The van der Waals surface area contributed by atoms with Gasteiger partial charge in [-0.1, -0.05) is 24.3 Å². The lowest BCUT2D eigenvalue weighted by molar-refractivity contribution is -0.118. The van der Waals surface area contributed by atoms with Crippen LogP contribution in [0.2, 0.25) is 0 Å². The Morgan fingerprint density at radius 3 is 3.06 bits per heavy atom. The molecule has 0 fully saturated rings. The Kier molecular flexibility index (Phi) is 3.83. The maximum Gasteiger partial charge on any atom is 0.234 e. The number of halogens is 1. The topological polar surface area (TPSA) is 29.1 Å². The highest BCUT2D eigenvalue weighted by Crippen LogP contribution is 2.30. The molecule has 0 radical (unpaired) electrons. The van der Waals surface area contributed by atoms with E-state index >= 15 is 0 Å². The fourth-order valence-electron chi connectivity index (χ4n) is 2.35. The van der Waals surface area contributed by atoms with Gasteiger partial charge in [0.05, 0.1) is 0 Å². The normalized spacial score (nSPS) is 18.9. The highest BCUT2D eigenvalue weighted by molar-refractivity contribution is 6.27. The summed E-state index contributed by atoms with van der Waals surface area (Å²) >= 11 is 5.46. The van der Waals surface area contributed by atoms with Crippen LogP contribution in [0.15, 0.2) is 24.3 Å². The fourth-order valence-corrected chi connectivity index (χ4v) is 2.45. The number of benzene rings is 1. The van der Waals surface area contributed by atoms with E-state index in [-0.39, 0.29) is 11.8 Å². The van der Waals surface area contributed by atoms with Crippen LogP contribution in [0.3, 0.4) is 0 Å². The zero-order valence-corrected chi connectivity index (χ0v) is 9.96. The number of aryl methyl sites for hydroxylation is 1. The van der Waals surface area contributed by atoms with E-state index in [0.717, 1.165) is 12.8 Å². The SMILES string of the molecule is O=C(CCl)NC[C@@H]1CCCc2ccccc21. The molecule has 1 aromatic carbocycles. The van der Waals surface area contributed by atoms with E-state index in [9.17, 15) is 4.79 Å². The van der Waals surface area contributed by atoms with Crippen molar-refractivity contribution < 1.29 is 4.79 Å². The molecule has 2 nitrogen and oxygen atoms in total. The number of nitrogens with one attached hydrogen (secondary N) is 1. The van der Waals surface area contributed by atoms with Crippen LogP contribution in [0, 0.1) is 0 Å².